The molecule has 1 aromatic heterocycles. The topological polar surface area (TPSA) is 124 Å². The molecule has 1 aliphatic carbocycles. The maximum Gasteiger partial charge on any atom is 0.238 e. The van der Waals surface area contributed by atoms with Crippen LogP contribution in [-0.2, 0) is 16.4 Å². The van der Waals surface area contributed by atoms with Crippen molar-refractivity contribution in [3.05, 3.63) is 41.6 Å². The van der Waals surface area contributed by atoms with Gasteiger partial charge in [0.25, 0.3) is 0 Å². The minimum Gasteiger partial charge on any atom is -0.370 e. The minimum absolute atomic E-state index is 0.121. The van der Waals surface area contributed by atoms with Gasteiger partial charge in [-0.3, -0.25) is 0 Å². The number of nitrogens with zero attached hydrogens (tertiary/aromatic N) is 2. The van der Waals surface area contributed by atoms with Crippen molar-refractivity contribution in [3.8, 4) is 0 Å². The summed E-state index contributed by atoms with van der Waals surface area (Å²) in [5.74, 6) is 1.50. The molecule has 1 saturated carbocycles. The van der Waals surface area contributed by atoms with E-state index in [1.165, 1.54) is 37.8 Å². The van der Waals surface area contributed by atoms with Gasteiger partial charge in [-0.15, -0.1) is 0 Å². The Hall–Kier alpha value is -2.19. The fourth-order valence-corrected chi connectivity index (χ4v) is 4.06. The summed E-state index contributed by atoms with van der Waals surface area (Å²) in [7, 11) is -3.65. The first-order valence-electron chi connectivity index (χ1n) is 9.42. The van der Waals surface area contributed by atoms with E-state index in [1.807, 2.05) is 6.07 Å². The molecule has 146 valence electrons. The smallest absolute Gasteiger partial charge is 0.238 e. The second kappa shape index (κ2) is 8.67. The Bertz CT molecular complexity index is 860. The van der Waals surface area contributed by atoms with Gasteiger partial charge >= 0.3 is 0 Å². The Morgan fingerprint density at radius 2 is 1.70 bits per heavy atom. The summed E-state index contributed by atoms with van der Waals surface area (Å²) in [5, 5.41) is 8.42. The molecule has 27 heavy (non-hydrogen) atoms. The molecule has 1 aliphatic rings. The lowest BCUT2D eigenvalue weighted by atomic mass is 9.96. The monoisotopic (exact) mass is 389 g/mol. The fourth-order valence-electron chi connectivity index (χ4n) is 3.54. The quantitative estimate of drug-likeness (QED) is 0.653. The van der Waals surface area contributed by atoms with Gasteiger partial charge in [-0.2, -0.15) is 4.98 Å². The number of benzene rings is 1. The van der Waals surface area contributed by atoms with Crippen molar-refractivity contribution in [2.45, 2.75) is 55.8 Å². The number of nitrogen functional groups attached to an aromatic ring is 1. The predicted octanol–water partition coefficient (Wildman–Crippen LogP) is 2.80. The van der Waals surface area contributed by atoms with Crippen LogP contribution < -0.4 is 16.2 Å². The summed E-state index contributed by atoms with van der Waals surface area (Å²) in [5.41, 5.74) is 7.96. The molecule has 0 spiro atoms. The Morgan fingerprint density at radius 3 is 2.33 bits per heavy atom. The highest BCUT2D eigenvalue weighted by atomic mass is 32.2. The molecule has 0 unspecified atom stereocenters. The van der Waals surface area contributed by atoms with Crippen molar-refractivity contribution >= 4 is 21.8 Å². The van der Waals surface area contributed by atoms with Gasteiger partial charge in [0.15, 0.2) is 0 Å². The van der Waals surface area contributed by atoms with Crippen LogP contribution >= 0.6 is 0 Å². The molecular formula is C19H27N5O2S. The van der Waals surface area contributed by atoms with Crippen molar-refractivity contribution in [2.75, 3.05) is 17.6 Å². The molecule has 1 heterocycles. The summed E-state index contributed by atoms with van der Waals surface area (Å²) < 4.78 is 22.6. The summed E-state index contributed by atoms with van der Waals surface area (Å²) in [6, 6.07) is 8.60. The molecule has 7 nitrogen and oxygen atoms in total. The van der Waals surface area contributed by atoms with Crippen LogP contribution in [0, 0.1) is 0 Å². The van der Waals surface area contributed by atoms with Crippen molar-refractivity contribution < 1.29 is 8.42 Å². The van der Waals surface area contributed by atoms with E-state index in [4.69, 9.17) is 10.9 Å². The van der Waals surface area contributed by atoms with Gasteiger partial charge in [0, 0.05) is 18.5 Å². The van der Waals surface area contributed by atoms with Gasteiger partial charge in [-0.05, 0) is 37.0 Å². The zero-order chi connectivity index (χ0) is 19.3. The van der Waals surface area contributed by atoms with Crippen molar-refractivity contribution in [2.24, 2.45) is 5.14 Å². The Kier molecular flexibility index (Phi) is 6.28. The summed E-state index contributed by atoms with van der Waals surface area (Å²) in [6.45, 7) is 0.662. The van der Waals surface area contributed by atoms with Crippen LogP contribution in [0.3, 0.4) is 0 Å². The van der Waals surface area contributed by atoms with E-state index in [2.05, 4.69) is 15.3 Å². The third kappa shape index (κ3) is 5.64. The number of sulfonamides is 1. The Labute approximate surface area is 160 Å². The number of rotatable bonds is 6. The molecule has 0 bridgehead atoms. The first kappa shape index (κ1) is 19.6. The van der Waals surface area contributed by atoms with Gasteiger partial charge in [0.1, 0.15) is 5.82 Å². The van der Waals surface area contributed by atoms with E-state index < -0.39 is 10.0 Å². The molecule has 0 radical (unpaired) electrons. The largest absolute Gasteiger partial charge is 0.370 e. The lowest BCUT2D eigenvalue weighted by Crippen LogP contribution is -2.12. The molecular weight excluding hydrogens is 362 g/mol. The van der Waals surface area contributed by atoms with Crippen molar-refractivity contribution in [1.82, 2.24) is 9.97 Å². The Balaban J connectivity index is 1.60. The van der Waals surface area contributed by atoms with Crippen LogP contribution in [0.25, 0.3) is 0 Å². The van der Waals surface area contributed by atoms with Crippen LogP contribution in [0.2, 0.25) is 0 Å². The molecule has 1 aromatic carbocycles. The zero-order valence-electron chi connectivity index (χ0n) is 15.4. The normalized spacial score (nSPS) is 16.0. The van der Waals surface area contributed by atoms with Gasteiger partial charge in [-0.1, -0.05) is 37.8 Å². The number of nitrogens with two attached hydrogens (primary N) is 2. The fraction of sp³-hybridized carbons (Fsp3) is 0.474. The summed E-state index contributed by atoms with van der Waals surface area (Å²) in [6.07, 6.45) is 8.13. The number of aromatic nitrogens is 2. The average Bonchev–Trinajstić information content (AvgIpc) is 2.90. The van der Waals surface area contributed by atoms with Crippen LogP contribution in [0.4, 0.5) is 11.8 Å². The average molecular weight is 390 g/mol. The van der Waals surface area contributed by atoms with Crippen LogP contribution in [0.1, 0.15) is 55.7 Å². The molecule has 2 aromatic rings. The highest BCUT2D eigenvalue weighted by Gasteiger charge is 2.17. The zero-order valence-corrected chi connectivity index (χ0v) is 16.2. The van der Waals surface area contributed by atoms with E-state index in [1.54, 1.807) is 12.1 Å². The van der Waals surface area contributed by atoms with Gasteiger partial charge in [0.2, 0.25) is 16.0 Å². The number of nitrogens with one attached hydrogen (secondary N) is 1. The van der Waals surface area contributed by atoms with Gasteiger partial charge in [0.05, 0.1) is 10.6 Å². The van der Waals surface area contributed by atoms with Crippen molar-refractivity contribution in [1.29, 1.82) is 0 Å². The third-order valence-electron chi connectivity index (χ3n) is 5.01. The summed E-state index contributed by atoms with van der Waals surface area (Å²) >= 11 is 0. The maximum absolute atomic E-state index is 11.3. The Morgan fingerprint density at radius 1 is 1.04 bits per heavy atom. The standard InChI is InChI=1S/C19H27N5O2S/c20-19-23-17(15-5-3-1-2-4-6-15)13-18(24-19)22-12-11-14-7-9-16(10-8-14)27(21,25)26/h7-10,13,15H,1-6,11-12H2,(H2,21,25,26)(H3,20,22,23,24). The van der Waals surface area contributed by atoms with Crippen LogP contribution in [-0.4, -0.2) is 24.9 Å². The number of hydrogen-bond acceptors (Lipinski definition) is 6. The maximum atomic E-state index is 11.3. The third-order valence-corrected chi connectivity index (χ3v) is 5.94. The van der Waals surface area contributed by atoms with Gasteiger partial charge in [-0.25, -0.2) is 18.5 Å². The van der Waals surface area contributed by atoms with E-state index in [-0.39, 0.29) is 4.90 Å². The second-order valence-corrected chi connectivity index (χ2v) is 8.65. The molecule has 0 atom stereocenters. The minimum atomic E-state index is -3.65. The van der Waals surface area contributed by atoms with Gasteiger partial charge < -0.3 is 11.1 Å². The molecule has 0 saturated heterocycles. The predicted molar refractivity (Wildman–Crippen MR) is 107 cm³/mol. The molecule has 0 amide bonds. The van der Waals surface area contributed by atoms with E-state index in [0.717, 1.165) is 36.3 Å². The molecule has 5 N–H and O–H groups in total. The first-order chi connectivity index (χ1) is 12.9. The lowest BCUT2D eigenvalue weighted by Gasteiger charge is -2.15. The number of hydrogen-bond donors (Lipinski definition) is 3. The highest BCUT2D eigenvalue weighted by Crippen LogP contribution is 2.31. The summed E-state index contributed by atoms with van der Waals surface area (Å²) in [4.78, 5) is 8.87. The molecule has 1 fully saturated rings. The molecule has 0 aliphatic heterocycles. The second-order valence-electron chi connectivity index (χ2n) is 7.09. The molecule has 8 heteroatoms. The van der Waals surface area contributed by atoms with E-state index >= 15 is 0 Å². The SMILES string of the molecule is Nc1nc(NCCc2ccc(S(N)(=O)=O)cc2)cc(C2CCCCCC2)n1. The van der Waals surface area contributed by atoms with E-state index in [0.29, 0.717) is 18.4 Å². The number of anilines is 2. The van der Waals surface area contributed by atoms with E-state index in [9.17, 15) is 8.42 Å². The molecule has 3 rings (SSSR count). The lowest BCUT2D eigenvalue weighted by molar-refractivity contribution is 0.577. The number of primary sulfonamides is 1. The van der Waals surface area contributed by atoms with Crippen molar-refractivity contribution in [3.63, 3.8) is 0 Å². The highest BCUT2D eigenvalue weighted by molar-refractivity contribution is 7.89. The first-order valence-corrected chi connectivity index (χ1v) is 11.0. The van der Waals surface area contributed by atoms with Crippen LogP contribution in [0.15, 0.2) is 35.2 Å². The van der Waals surface area contributed by atoms with Crippen LogP contribution in [0.5, 0.6) is 0 Å².